The smallest absolute Gasteiger partial charge is 0.200 e. The molecule has 1 aromatic heterocycles. The van der Waals surface area contributed by atoms with E-state index in [1.807, 2.05) is 33.8 Å². The van der Waals surface area contributed by atoms with E-state index in [0.29, 0.717) is 5.76 Å². The number of hydrogen-bond donors (Lipinski definition) is 0. The second-order valence-corrected chi connectivity index (χ2v) is 5.01. The van der Waals surface area contributed by atoms with E-state index in [0.717, 1.165) is 22.1 Å². The molecule has 0 saturated heterocycles. The summed E-state index contributed by atoms with van der Waals surface area (Å²) in [6, 6.07) is 4.01. The fourth-order valence-corrected chi connectivity index (χ4v) is 2.06. The Labute approximate surface area is 102 Å². The summed E-state index contributed by atoms with van der Waals surface area (Å²) in [6.45, 7) is 9.92. The number of rotatable bonds is 2. The summed E-state index contributed by atoms with van der Waals surface area (Å²) in [5.74, 6) is 0.515. The van der Waals surface area contributed by atoms with Crippen LogP contribution in [0.3, 0.4) is 0 Å². The predicted octanol–water partition coefficient (Wildman–Crippen LogP) is 4.20. The highest BCUT2D eigenvalue weighted by molar-refractivity contribution is 5.99. The van der Waals surface area contributed by atoms with Crippen LogP contribution in [0.1, 0.15) is 41.1 Å². The van der Waals surface area contributed by atoms with Crippen LogP contribution in [-0.4, -0.2) is 5.78 Å². The molecule has 90 valence electrons. The Morgan fingerprint density at radius 1 is 1.12 bits per heavy atom. The third-order valence-corrected chi connectivity index (χ3v) is 3.29. The average molecular weight is 230 g/mol. The average Bonchev–Trinajstić information content (AvgIpc) is 2.70. The molecule has 2 aromatic rings. The van der Waals surface area contributed by atoms with E-state index in [1.165, 1.54) is 5.56 Å². The summed E-state index contributed by atoms with van der Waals surface area (Å²) in [5.41, 5.74) is 4.34. The second-order valence-electron chi connectivity index (χ2n) is 5.01. The van der Waals surface area contributed by atoms with Gasteiger partial charge in [0.2, 0.25) is 5.78 Å². The van der Waals surface area contributed by atoms with E-state index in [2.05, 4.69) is 13.0 Å². The number of carbonyl (C=O) groups is 1. The molecule has 0 radical (unpaired) electrons. The number of aryl methyl sites for hydroxylation is 3. The van der Waals surface area contributed by atoms with Crippen molar-refractivity contribution in [3.05, 3.63) is 34.6 Å². The summed E-state index contributed by atoms with van der Waals surface area (Å²) in [5, 5.41) is 1.05. The van der Waals surface area contributed by atoms with Gasteiger partial charge in [0.15, 0.2) is 5.76 Å². The molecule has 1 aromatic carbocycles. The van der Waals surface area contributed by atoms with Crippen molar-refractivity contribution in [1.29, 1.82) is 0 Å². The molecule has 0 atom stereocenters. The molecule has 0 amide bonds. The summed E-state index contributed by atoms with van der Waals surface area (Å²) in [7, 11) is 0. The van der Waals surface area contributed by atoms with Gasteiger partial charge in [0.25, 0.3) is 0 Å². The highest BCUT2D eigenvalue weighted by Crippen LogP contribution is 2.29. The maximum Gasteiger partial charge on any atom is 0.200 e. The van der Waals surface area contributed by atoms with Gasteiger partial charge in [-0.15, -0.1) is 0 Å². The van der Waals surface area contributed by atoms with E-state index in [9.17, 15) is 4.79 Å². The molecule has 2 heteroatoms. The summed E-state index contributed by atoms with van der Waals surface area (Å²) in [4.78, 5) is 11.9. The number of furan rings is 1. The number of benzene rings is 1. The molecule has 0 spiro atoms. The minimum atomic E-state index is -0.0303. The normalized spacial score (nSPS) is 11.4. The van der Waals surface area contributed by atoms with Crippen LogP contribution in [0.4, 0.5) is 0 Å². The first-order chi connectivity index (χ1) is 7.91. The molecule has 0 bridgehead atoms. The zero-order valence-corrected chi connectivity index (χ0v) is 11.0. The zero-order chi connectivity index (χ0) is 12.7. The lowest BCUT2D eigenvalue weighted by Gasteiger charge is -2.03. The minimum absolute atomic E-state index is 0.0303. The van der Waals surface area contributed by atoms with Crippen LogP contribution < -0.4 is 0 Å². The van der Waals surface area contributed by atoms with Crippen LogP contribution in [0.5, 0.6) is 0 Å². The lowest BCUT2D eigenvalue weighted by atomic mass is 10.0. The molecule has 1 heterocycles. The van der Waals surface area contributed by atoms with Crippen LogP contribution in [-0.2, 0) is 0 Å². The Hall–Kier alpha value is -1.57. The van der Waals surface area contributed by atoms with Gasteiger partial charge >= 0.3 is 0 Å². The standard InChI is InChI=1S/C15H18O2/c1-8(2)14(16)13-7-12-10(4)6-9(3)11(5)15(12)17-13/h6-8H,1-5H3. The molecule has 0 aliphatic carbocycles. The van der Waals surface area contributed by atoms with E-state index >= 15 is 0 Å². The SMILES string of the molecule is Cc1cc(C)c2cc(C(=O)C(C)C)oc2c1C. The van der Waals surface area contributed by atoms with Gasteiger partial charge in [-0.3, -0.25) is 4.79 Å². The lowest BCUT2D eigenvalue weighted by molar-refractivity contribution is 0.0913. The first-order valence-corrected chi connectivity index (χ1v) is 5.96. The zero-order valence-electron chi connectivity index (χ0n) is 11.0. The molecule has 0 saturated carbocycles. The summed E-state index contributed by atoms with van der Waals surface area (Å²) in [6.07, 6.45) is 0. The van der Waals surface area contributed by atoms with Crippen molar-refractivity contribution >= 4 is 16.8 Å². The largest absolute Gasteiger partial charge is 0.453 e. The van der Waals surface area contributed by atoms with Crippen molar-refractivity contribution in [3.8, 4) is 0 Å². The topological polar surface area (TPSA) is 30.2 Å². The Morgan fingerprint density at radius 3 is 2.35 bits per heavy atom. The Kier molecular flexibility index (Phi) is 2.82. The maximum atomic E-state index is 11.9. The Morgan fingerprint density at radius 2 is 1.76 bits per heavy atom. The number of Topliss-reactive ketones (excluding diaryl/α,β-unsaturated/α-hetero) is 1. The van der Waals surface area contributed by atoms with Gasteiger partial charge in [0.1, 0.15) is 5.58 Å². The van der Waals surface area contributed by atoms with Crippen LogP contribution in [0.15, 0.2) is 16.5 Å². The molecule has 0 unspecified atom stereocenters. The van der Waals surface area contributed by atoms with Crippen LogP contribution in [0.2, 0.25) is 0 Å². The first-order valence-electron chi connectivity index (χ1n) is 5.96. The fourth-order valence-electron chi connectivity index (χ4n) is 2.06. The van der Waals surface area contributed by atoms with E-state index in [-0.39, 0.29) is 11.7 Å². The van der Waals surface area contributed by atoms with Crippen molar-refractivity contribution in [2.24, 2.45) is 5.92 Å². The van der Waals surface area contributed by atoms with Gasteiger partial charge in [-0.1, -0.05) is 19.9 Å². The number of carbonyl (C=O) groups excluding carboxylic acids is 1. The molecule has 0 fully saturated rings. The van der Waals surface area contributed by atoms with Gasteiger partial charge in [0.05, 0.1) is 0 Å². The quantitative estimate of drug-likeness (QED) is 0.724. The van der Waals surface area contributed by atoms with Gasteiger partial charge in [0, 0.05) is 11.3 Å². The highest BCUT2D eigenvalue weighted by Gasteiger charge is 2.18. The van der Waals surface area contributed by atoms with Crippen molar-refractivity contribution in [3.63, 3.8) is 0 Å². The second kappa shape index (κ2) is 4.02. The van der Waals surface area contributed by atoms with Crippen molar-refractivity contribution < 1.29 is 9.21 Å². The Bertz CT molecular complexity index is 588. The molecule has 2 rings (SSSR count). The van der Waals surface area contributed by atoms with Crippen molar-refractivity contribution in [2.45, 2.75) is 34.6 Å². The minimum Gasteiger partial charge on any atom is -0.453 e. The molecule has 2 nitrogen and oxygen atoms in total. The van der Waals surface area contributed by atoms with Crippen molar-refractivity contribution in [2.75, 3.05) is 0 Å². The van der Waals surface area contributed by atoms with E-state index in [4.69, 9.17) is 4.42 Å². The van der Waals surface area contributed by atoms with Gasteiger partial charge in [-0.05, 0) is 43.5 Å². The fraction of sp³-hybridized carbons (Fsp3) is 0.400. The predicted molar refractivity (Wildman–Crippen MR) is 69.6 cm³/mol. The number of ketones is 1. The maximum absolute atomic E-state index is 11.9. The Balaban J connectivity index is 2.69. The van der Waals surface area contributed by atoms with Gasteiger partial charge in [-0.25, -0.2) is 0 Å². The number of hydrogen-bond acceptors (Lipinski definition) is 2. The van der Waals surface area contributed by atoms with Gasteiger partial charge in [-0.2, -0.15) is 0 Å². The van der Waals surface area contributed by atoms with Crippen LogP contribution >= 0.6 is 0 Å². The number of fused-ring (bicyclic) bond motifs is 1. The van der Waals surface area contributed by atoms with E-state index in [1.54, 1.807) is 0 Å². The molecular formula is C15H18O2. The van der Waals surface area contributed by atoms with Crippen molar-refractivity contribution in [1.82, 2.24) is 0 Å². The van der Waals surface area contributed by atoms with E-state index < -0.39 is 0 Å². The lowest BCUT2D eigenvalue weighted by Crippen LogP contribution is -2.05. The molecule has 0 N–H and O–H groups in total. The third-order valence-electron chi connectivity index (χ3n) is 3.29. The molecule has 0 aliphatic heterocycles. The third kappa shape index (κ3) is 1.88. The monoisotopic (exact) mass is 230 g/mol. The van der Waals surface area contributed by atoms with Crippen LogP contribution in [0.25, 0.3) is 11.0 Å². The molecular weight excluding hydrogens is 212 g/mol. The van der Waals surface area contributed by atoms with Crippen LogP contribution in [0, 0.1) is 26.7 Å². The summed E-state index contributed by atoms with van der Waals surface area (Å²) >= 11 is 0. The summed E-state index contributed by atoms with van der Waals surface area (Å²) < 4.78 is 5.73. The first kappa shape index (κ1) is 11.9. The molecule has 0 aliphatic rings. The molecule has 17 heavy (non-hydrogen) atoms. The van der Waals surface area contributed by atoms with Gasteiger partial charge < -0.3 is 4.42 Å². The highest BCUT2D eigenvalue weighted by atomic mass is 16.3.